The predicted molar refractivity (Wildman–Crippen MR) is 163 cm³/mol. The Kier molecular flexibility index (Phi) is 9.16. The van der Waals surface area contributed by atoms with Crippen molar-refractivity contribution in [3.63, 3.8) is 0 Å². The molecule has 1 atom stereocenters. The molecule has 6 nitrogen and oxygen atoms in total. The van der Waals surface area contributed by atoms with Crippen LogP contribution < -0.4 is 0 Å². The highest BCUT2D eigenvalue weighted by Crippen LogP contribution is 2.35. The van der Waals surface area contributed by atoms with Crippen LogP contribution in [0.15, 0.2) is 84.2 Å². The van der Waals surface area contributed by atoms with Gasteiger partial charge in [0, 0.05) is 36.0 Å². The summed E-state index contributed by atoms with van der Waals surface area (Å²) in [5.74, 6) is -0.403. The van der Waals surface area contributed by atoms with Gasteiger partial charge in [0.2, 0.25) is 0 Å². The average molecular weight is 617 g/mol. The zero-order valence-corrected chi connectivity index (χ0v) is 25.1. The first-order chi connectivity index (χ1) is 21.1. The molecule has 0 aliphatic carbocycles. The van der Waals surface area contributed by atoms with Crippen LogP contribution in [0.4, 0.5) is 13.2 Å². The predicted octanol–water partition coefficient (Wildman–Crippen LogP) is 7.96. The highest BCUT2D eigenvalue weighted by Gasteiger charge is 2.33. The Hall–Kier alpha value is -4.49. The van der Waals surface area contributed by atoms with E-state index in [1.807, 2.05) is 44.2 Å². The topological polar surface area (TPSA) is 77.3 Å². The number of carbonyl (C=O) groups excluding carboxylic acids is 2. The molecule has 1 aliphatic rings. The summed E-state index contributed by atoms with van der Waals surface area (Å²) >= 11 is 1.41. The Morgan fingerprint density at radius 1 is 0.977 bits per heavy atom. The van der Waals surface area contributed by atoms with Gasteiger partial charge in [-0.1, -0.05) is 60.7 Å². The van der Waals surface area contributed by atoms with Gasteiger partial charge in [0.1, 0.15) is 11.7 Å². The van der Waals surface area contributed by atoms with Crippen molar-refractivity contribution in [1.29, 1.82) is 5.26 Å². The van der Waals surface area contributed by atoms with E-state index in [1.165, 1.54) is 23.5 Å². The number of carbonyl (C=O) groups is 2. The Morgan fingerprint density at radius 3 is 2.23 bits per heavy atom. The van der Waals surface area contributed by atoms with E-state index in [1.54, 1.807) is 39.4 Å². The van der Waals surface area contributed by atoms with Crippen molar-refractivity contribution in [3.05, 3.63) is 112 Å². The molecule has 44 heavy (non-hydrogen) atoms. The summed E-state index contributed by atoms with van der Waals surface area (Å²) in [6, 6.07) is 22.3. The first kappa shape index (κ1) is 31.0. The minimum absolute atomic E-state index is 0.0733. The molecule has 0 N–H and O–H groups in total. The molecule has 1 unspecified atom stereocenters. The van der Waals surface area contributed by atoms with Crippen molar-refractivity contribution in [3.8, 4) is 17.2 Å². The fraction of sp³-hybridized carbons (Fsp3) is 0.294. The Balaban J connectivity index is 1.27. The summed E-state index contributed by atoms with van der Waals surface area (Å²) in [5.41, 5.74) is 1.86. The van der Waals surface area contributed by atoms with Crippen molar-refractivity contribution in [2.24, 2.45) is 0 Å². The summed E-state index contributed by atoms with van der Waals surface area (Å²) in [4.78, 5) is 35.2. The van der Waals surface area contributed by atoms with E-state index >= 15 is 0 Å². The molecule has 2 heterocycles. The van der Waals surface area contributed by atoms with Crippen LogP contribution in [-0.4, -0.2) is 45.7 Å². The Bertz CT molecular complexity index is 1650. The van der Waals surface area contributed by atoms with Gasteiger partial charge in [-0.3, -0.25) is 9.59 Å². The average Bonchev–Trinajstić information content (AvgIpc) is 3.53. The quantitative estimate of drug-likeness (QED) is 0.211. The molecule has 1 saturated heterocycles. The lowest BCUT2D eigenvalue weighted by Crippen LogP contribution is -2.40. The van der Waals surface area contributed by atoms with E-state index in [0.29, 0.717) is 48.3 Å². The minimum Gasteiger partial charge on any atom is -0.339 e. The fourth-order valence-corrected chi connectivity index (χ4v) is 6.51. The van der Waals surface area contributed by atoms with Crippen LogP contribution in [0.1, 0.15) is 75.6 Å². The molecule has 226 valence electrons. The molecular formula is C34H31F3N4O2S. The van der Waals surface area contributed by atoms with Gasteiger partial charge in [-0.15, -0.1) is 11.3 Å². The Morgan fingerprint density at radius 2 is 1.61 bits per heavy atom. The van der Waals surface area contributed by atoms with Crippen molar-refractivity contribution in [2.45, 2.75) is 50.9 Å². The van der Waals surface area contributed by atoms with Gasteiger partial charge in [-0.05, 0) is 61.6 Å². The normalized spacial score (nSPS) is 14.7. The van der Waals surface area contributed by atoms with Crippen LogP contribution in [0.3, 0.4) is 0 Å². The number of thiazole rings is 1. The standard InChI is InChI=1S/C34H31F3N4O2S/c1-22(2)41(30(20-38)24-8-4-3-5-9-24)33(43)29-21-44-31(39-29)25-16-18-40(19-17-25)32(42)28-11-7-6-10-27(28)23-12-14-26(15-13-23)34(35,36)37/h3-15,21-22,25,30H,16-19H2,1-2H3. The summed E-state index contributed by atoms with van der Waals surface area (Å²) < 4.78 is 39.2. The maximum atomic E-state index is 13.6. The Labute approximate surface area is 258 Å². The van der Waals surface area contributed by atoms with Crippen LogP contribution in [0.2, 0.25) is 0 Å². The van der Waals surface area contributed by atoms with Gasteiger partial charge >= 0.3 is 6.18 Å². The number of hydrogen-bond acceptors (Lipinski definition) is 5. The van der Waals surface area contributed by atoms with Crippen molar-refractivity contribution >= 4 is 23.2 Å². The van der Waals surface area contributed by atoms with E-state index in [0.717, 1.165) is 22.7 Å². The molecule has 0 bridgehead atoms. The molecule has 0 saturated carbocycles. The number of amides is 2. The number of benzene rings is 3. The monoisotopic (exact) mass is 616 g/mol. The number of halogens is 3. The van der Waals surface area contributed by atoms with E-state index < -0.39 is 17.8 Å². The third kappa shape index (κ3) is 6.53. The van der Waals surface area contributed by atoms with E-state index in [-0.39, 0.29) is 23.8 Å². The highest BCUT2D eigenvalue weighted by atomic mass is 32.1. The van der Waals surface area contributed by atoms with Gasteiger partial charge in [-0.25, -0.2) is 4.98 Å². The first-order valence-corrected chi connectivity index (χ1v) is 15.2. The number of likely N-dealkylation sites (tertiary alicyclic amines) is 1. The molecule has 10 heteroatoms. The summed E-state index contributed by atoms with van der Waals surface area (Å²) in [6.07, 6.45) is -3.11. The van der Waals surface area contributed by atoms with Crippen molar-refractivity contribution in [2.75, 3.05) is 13.1 Å². The largest absolute Gasteiger partial charge is 0.416 e. The molecule has 4 aromatic rings. The van der Waals surface area contributed by atoms with E-state index in [4.69, 9.17) is 0 Å². The lowest BCUT2D eigenvalue weighted by atomic mass is 9.94. The summed E-state index contributed by atoms with van der Waals surface area (Å²) in [5, 5.41) is 12.5. The van der Waals surface area contributed by atoms with Crippen LogP contribution in [0, 0.1) is 11.3 Å². The highest BCUT2D eigenvalue weighted by molar-refractivity contribution is 7.09. The van der Waals surface area contributed by atoms with Crippen molar-refractivity contribution < 1.29 is 22.8 Å². The molecule has 1 aromatic heterocycles. The lowest BCUT2D eigenvalue weighted by Gasteiger charge is -2.32. The second-order valence-corrected chi connectivity index (χ2v) is 11.9. The van der Waals surface area contributed by atoms with Crippen LogP contribution in [0.5, 0.6) is 0 Å². The maximum absolute atomic E-state index is 13.6. The first-order valence-electron chi connectivity index (χ1n) is 14.4. The third-order valence-corrected chi connectivity index (χ3v) is 8.87. The minimum atomic E-state index is -4.43. The van der Waals surface area contributed by atoms with Gasteiger partial charge < -0.3 is 9.80 Å². The molecular weight excluding hydrogens is 585 g/mol. The molecule has 1 aliphatic heterocycles. The molecule has 5 rings (SSSR count). The van der Waals surface area contributed by atoms with Gasteiger partial charge in [0.25, 0.3) is 11.8 Å². The number of aromatic nitrogens is 1. The number of alkyl halides is 3. The van der Waals surface area contributed by atoms with Crippen LogP contribution in [0.25, 0.3) is 11.1 Å². The van der Waals surface area contributed by atoms with E-state index in [2.05, 4.69) is 11.1 Å². The van der Waals surface area contributed by atoms with Crippen molar-refractivity contribution in [1.82, 2.24) is 14.8 Å². The number of nitriles is 1. The third-order valence-electron chi connectivity index (χ3n) is 7.86. The van der Waals surface area contributed by atoms with E-state index in [9.17, 15) is 28.0 Å². The van der Waals surface area contributed by atoms with Gasteiger partial charge in [-0.2, -0.15) is 18.4 Å². The maximum Gasteiger partial charge on any atom is 0.416 e. The smallest absolute Gasteiger partial charge is 0.339 e. The number of piperidine rings is 1. The molecule has 1 fully saturated rings. The summed E-state index contributed by atoms with van der Waals surface area (Å²) in [6.45, 7) is 4.72. The zero-order chi connectivity index (χ0) is 31.4. The SMILES string of the molecule is CC(C)N(C(=O)c1csc(C2CCN(C(=O)c3ccccc3-c3ccc(C(F)(F)F)cc3)CC2)n1)C(C#N)c1ccccc1. The number of hydrogen-bond donors (Lipinski definition) is 0. The molecule has 0 spiro atoms. The second kappa shape index (κ2) is 13.0. The fourth-order valence-electron chi connectivity index (χ4n) is 5.55. The number of nitrogens with zero attached hydrogens (tertiary/aromatic N) is 4. The lowest BCUT2D eigenvalue weighted by molar-refractivity contribution is -0.137. The molecule has 3 aromatic carbocycles. The molecule has 0 radical (unpaired) electrons. The second-order valence-electron chi connectivity index (χ2n) is 11.0. The van der Waals surface area contributed by atoms with Gasteiger partial charge in [0.15, 0.2) is 0 Å². The van der Waals surface area contributed by atoms with Gasteiger partial charge in [0.05, 0.1) is 16.6 Å². The van der Waals surface area contributed by atoms with Crippen LogP contribution >= 0.6 is 11.3 Å². The summed E-state index contributed by atoms with van der Waals surface area (Å²) in [7, 11) is 0. The number of rotatable bonds is 7. The van der Waals surface area contributed by atoms with Crippen LogP contribution in [-0.2, 0) is 6.18 Å². The zero-order valence-electron chi connectivity index (χ0n) is 24.3. The molecule has 2 amide bonds.